The Morgan fingerprint density at radius 2 is 0.827 bits per heavy atom. The largest absolute Gasteiger partial charge is 0.489 e. The van der Waals surface area contributed by atoms with Crippen LogP contribution in [0.15, 0.2) is 271 Å². The lowest BCUT2D eigenvalue weighted by atomic mass is 10.1. The maximum Gasteiger partial charge on any atom is 0.407 e. The number of aromatic nitrogens is 13. The average Bonchev–Trinajstić information content (AvgIpc) is 0.817. The second-order valence-electron chi connectivity index (χ2n) is 27.1. The van der Waals surface area contributed by atoms with Crippen molar-refractivity contribution in [2.75, 3.05) is 88.6 Å². The van der Waals surface area contributed by atoms with Gasteiger partial charge in [0.2, 0.25) is 17.8 Å². The van der Waals surface area contributed by atoms with Crippen LogP contribution >= 0.6 is 81.5 Å². The molecule has 8 heterocycles. The highest BCUT2D eigenvalue weighted by atomic mass is 35.5. The maximum absolute atomic E-state index is 13.3. The minimum atomic E-state index is -0.538. The molecule has 0 bridgehead atoms. The number of piperidine rings is 2. The van der Waals surface area contributed by atoms with Gasteiger partial charge in [0.25, 0.3) is 27.8 Å². The number of ether oxygens (including phenoxy) is 6. The van der Waals surface area contributed by atoms with Crippen molar-refractivity contribution < 1.29 is 38.0 Å². The van der Waals surface area contributed by atoms with Crippen LogP contribution in [0.2, 0.25) is 25.1 Å². The molecule has 2 aliphatic heterocycles. The maximum atomic E-state index is 13.3. The summed E-state index contributed by atoms with van der Waals surface area (Å²) < 4.78 is 37.6. The lowest BCUT2D eigenvalue weighted by molar-refractivity contribution is 0.149. The second-order valence-corrected chi connectivity index (χ2v) is 31.1. The molecule has 0 aliphatic carbocycles. The van der Waals surface area contributed by atoms with Crippen molar-refractivity contribution in [1.29, 1.82) is 0 Å². The number of thioether (sulfide) groups is 2. The van der Waals surface area contributed by atoms with Gasteiger partial charge in [0.15, 0.2) is 32.3 Å². The van der Waals surface area contributed by atoms with Gasteiger partial charge >= 0.3 is 18.2 Å². The fourth-order valence-corrected chi connectivity index (χ4v) is 15.1. The van der Waals surface area contributed by atoms with Gasteiger partial charge < -0.3 is 54.6 Å². The van der Waals surface area contributed by atoms with E-state index in [0.717, 1.165) is 88.2 Å². The van der Waals surface area contributed by atoms with E-state index in [2.05, 4.69) is 80.2 Å². The first-order chi connectivity index (χ1) is 61.9. The average molecular weight is 1860 g/mol. The van der Waals surface area contributed by atoms with Gasteiger partial charge in [-0.05, 0) is 136 Å². The molecule has 0 spiro atoms. The summed E-state index contributed by atoms with van der Waals surface area (Å²) in [7, 11) is 0. The smallest absolute Gasteiger partial charge is 0.407 e. The minimum absolute atomic E-state index is 0.0524. The van der Waals surface area contributed by atoms with Crippen LogP contribution in [0.5, 0.6) is 29.1 Å². The molecule has 2 aliphatic rings. The molecule has 2 fully saturated rings. The standard InChI is InChI=1S/C24H20N2OS2.C23H27N7O2.C15H15Cl2N3O4.C15H16ClN3O4.C12H11Cl2N3O2/c27-24-23(29-18-20-12-6-2-7-13-20)22(28-17-19-10-4-1-5-11-19)16-25-26(24)21-14-8-3-9-15-21;31-20-13-12-19(27-30(20)18-10-4-1-5-11-18)32-23-25-21(28-14-6-2-7-15-28)24-22(26-23)29-16-8-3-9-17-29;1-2-23-15(22)18-7-8-24-12-9-19-20(14(21)13(12)17)11-5-3-10(16)4-6-11;1-2-22-15(21)17-8-9-23-12-10-18-19(14(20)13(12)16)11-6-4-3-5-7-11;13-8-3-1-2-4-9(8)17-12(18)11(14)10(7-16-17)19-6-5-15/h1-16H,17-18H2;1,4-5,10-13H,2-3,6-9,14-17H2;3-6,9H,2,7-8H2,1H3,(H,18,22);3-7,10H,2,8-9H2,1H3,(H,17,21);1-4,7H,5-6,15H2. The Balaban J connectivity index is 0.000000156. The molecule has 0 unspecified atom stereocenters. The van der Waals surface area contributed by atoms with Crippen molar-refractivity contribution in [3.63, 3.8) is 0 Å². The lowest BCUT2D eigenvalue weighted by Gasteiger charge is -2.30. The third kappa shape index (κ3) is 28.2. The van der Waals surface area contributed by atoms with Crippen LogP contribution in [0.1, 0.15) is 63.5 Å². The zero-order chi connectivity index (χ0) is 89.7. The Morgan fingerprint density at radius 1 is 0.425 bits per heavy atom. The molecule has 7 aromatic carbocycles. The number of hydrogen-bond donors (Lipinski definition) is 3. The molecule has 31 nitrogen and oxygen atoms in total. The predicted octanol–water partition coefficient (Wildman–Crippen LogP) is 15.6. The van der Waals surface area contributed by atoms with E-state index in [4.69, 9.17) is 97.1 Å². The zero-order valence-electron chi connectivity index (χ0n) is 69.0. The number of nitrogens with one attached hydrogen (secondary N) is 2. The Kier molecular flexibility index (Phi) is 37.4. The SMILES string of the molecule is CCOC(=O)NCCOc1cnn(-c2ccc(Cl)cc2)c(=O)c1Cl.CCOC(=O)NCCOc1cnn(-c2ccccc2)c(=O)c1Cl.NCCOc1cnn(-c2ccccc2Cl)c(=O)c1Cl.O=c1c(SCc2ccccc2)c(SCc2ccccc2)cnn1-c1ccccc1.O=c1ccc(Oc2nc(N3CCCCC3)nc(N3CCCCC3)n2)nn1-c1ccccc1. The Hall–Kier alpha value is -12.6. The number of amides is 2. The molecule has 38 heteroatoms. The van der Waals surface area contributed by atoms with Gasteiger partial charge in [0.05, 0.1) is 89.4 Å². The number of alkyl carbamates (subject to hydrolysis) is 2. The summed E-state index contributed by atoms with van der Waals surface area (Å²) in [6, 6.07) is 64.9. The molecule has 4 N–H and O–H groups in total. The summed E-state index contributed by atoms with van der Waals surface area (Å²) in [6.07, 6.45) is 11.8. The molecule has 15 rings (SSSR count). The molecule has 0 radical (unpaired) electrons. The molecule has 2 saturated heterocycles. The van der Waals surface area contributed by atoms with E-state index in [-0.39, 0.29) is 94.8 Å². The summed E-state index contributed by atoms with van der Waals surface area (Å²) >= 11 is 33.1. The number of rotatable bonds is 28. The Bertz CT molecular complexity index is 6000. The number of carbonyl (C=O) groups excluding carboxylic acids is 2. The van der Waals surface area contributed by atoms with E-state index in [1.165, 1.54) is 62.7 Å². The number of halogens is 5. The quantitative estimate of drug-likeness (QED) is 0.0303. The van der Waals surface area contributed by atoms with Crippen LogP contribution in [0.4, 0.5) is 21.5 Å². The summed E-state index contributed by atoms with van der Waals surface area (Å²) in [6.45, 7) is 8.97. The predicted molar refractivity (Wildman–Crippen MR) is 494 cm³/mol. The Morgan fingerprint density at radius 3 is 1.29 bits per heavy atom. The number of para-hydroxylation sites is 4. The normalized spacial score (nSPS) is 12.0. The van der Waals surface area contributed by atoms with Crippen molar-refractivity contribution in [1.82, 2.24) is 74.5 Å². The van der Waals surface area contributed by atoms with Crippen molar-refractivity contribution in [3.05, 3.63) is 325 Å². The van der Waals surface area contributed by atoms with Crippen molar-refractivity contribution in [2.24, 2.45) is 5.73 Å². The van der Waals surface area contributed by atoms with Crippen LogP contribution in [0, 0.1) is 0 Å². The number of anilines is 2. The van der Waals surface area contributed by atoms with Gasteiger partial charge in [0.1, 0.15) is 19.8 Å². The molecule has 6 aromatic heterocycles. The van der Waals surface area contributed by atoms with E-state index >= 15 is 0 Å². The van der Waals surface area contributed by atoms with Crippen molar-refractivity contribution in [3.8, 4) is 57.6 Å². The lowest BCUT2D eigenvalue weighted by Crippen LogP contribution is -2.34. The Labute approximate surface area is 763 Å². The second kappa shape index (κ2) is 49.9. The molecule has 127 heavy (non-hydrogen) atoms. The third-order valence-electron chi connectivity index (χ3n) is 18.2. The number of carbonyl (C=O) groups is 2. The fourth-order valence-electron chi connectivity index (χ4n) is 12.1. The topological polar surface area (TPSA) is 359 Å². The molecule has 2 amide bonds. The fraction of sp³-hybridized carbons (Fsp3) is 0.247. The van der Waals surface area contributed by atoms with E-state index in [1.807, 2.05) is 109 Å². The van der Waals surface area contributed by atoms with Gasteiger partial charge in [-0.15, -0.1) is 28.6 Å². The van der Waals surface area contributed by atoms with Gasteiger partial charge in [-0.1, -0.05) is 185 Å². The van der Waals surface area contributed by atoms with Gasteiger partial charge in [0, 0.05) is 66.3 Å². The summed E-state index contributed by atoms with van der Waals surface area (Å²) in [5.41, 5.74) is 8.97. The highest BCUT2D eigenvalue weighted by Gasteiger charge is 2.24. The van der Waals surface area contributed by atoms with Crippen LogP contribution < -0.4 is 72.9 Å². The highest BCUT2D eigenvalue weighted by molar-refractivity contribution is 8.01. The van der Waals surface area contributed by atoms with E-state index < -0.39 is 28.9 Å². The minimum Gasteiger partial charge on any atom is -0.489 e. The molecular formula is C89H89Cl5N18O13S2. The van der Waals surface area contributed by atoms with Crippen molar-refractivity contribution >= 4 is 106 Å². The van der Waals surface area contributed by atoms with Crippen LogP contribution in [0.3, 0.4) is 0 Å². The number of nitrogens with two attached hydrogens (primary N) is 1. The molecule has 660 valence electrons. The van der Waals surface area contributed by atoms with Crippen molar-refractivity contribution in [2.45, 2.75) is 73.7 Å². The van der Waals surface area contributed by atoms with Gasteiger partial charge in [-0.25, -0.2) is 9.59 Å². The van der Waals surface area contributed by atoms with Crippen LogP contribution in [-0.2, 0) is 21.0 Å². The molecule has 0 saturated carbocycles. The molecular weight excluding hydrogens is 1770 g/mol. The summed E-state index contributed by atoms with van der Waals surface area (Å²) in [5, 5.41) is 26.6. The first kappa shape index (κ1) is 95.1. The van der Waals surface area contributed by atoms with Gasteiger partial charge in [-0.3, -0.25) is 24.0 Å². The summed E-state index contributed by atoms with van der Waals surface area (Å²) in [4.78, 5) is 104. The third-order valence-corrected chi connectivity index (χ3v) is 22.2. The van der Waals surface area contributed by atoms with E-state index in [1.54, 1.807) is 116 Å². The summed E-state index contributed by atoms with van der Waals surface area (Å²) in [5.74, 6) is 3.60. The first-order valence-electron chi connectivity index (χ1n) is 40.3. The van der Waals surface area contributed by atoms with Gasteiger partial charge in [-0.2, -0.15) is 58.8 Å². The van der Waals surface area contributed by atoms with E-state index in [0.29, 0.717) is 57.8 Å². The number of benzene rings is 7. The van der Waals surface area contributed by atoms with E-state index in [9.17, 15) is 33.6 Å². The zero-order valence-corrected chi connectivity index (χ0v) is 74.4. The first-order valence-corrected chi connectivity index (χ1v) is 44.1. The number of hydrogen-bond acceptors (Lipinski definition) is 26. The highest BCUT2D eigenvalue weighted by Crippen LogP contribution is 2.33. The van der Waals surface area contributed by atoms with Crippen LogP contribution in [-0.4, -0.2) is 155 Å². The van der Waals surface area contributed by atoms with Crippen LogP contribution in [0.25, 0.3) is 28.4 Å². The number of nitrogens with zero attached hydrogens (tertiary/aromatic N) is 15. The molecule has 13 aromatic rings. The monoisotopic (exact) mass is 1860 g/mol. The molecule has 0 atom stereocenters.